The van der Waals surface area contributed by atoms with E-state index in [0.29, 0.717) is 12.8 Å². The molecule has 0 spiro atoms. The zero-order valence-corrected chi connectivity index (χ0v) is 13.6. The van der Waals surface area contributed by atoms with E-state index in [9.17, 15) is 18.8 Å². The largest absolute Gasteiger partial charge is 0.469 e. The van der Waals surface area contributed by atoms with Gasteiger partial charge in [-0.25, -0.2) is 9.18 Å². The van der Waals surface area contributed by atoms with Crippen molar-refractivity contribution in [3.63, 3.8) is 0 Å². The molecule has 2 rings (SSSR count). The Hall–Kier alpha value is -2.44. The third kappa shape index (κ3) is 4.31. The summed E-state index contributed by atoms with van der Waals surface area (Å²) in [6.07, 6.45) is 2.34. The maximum Gasteiger partial charge on any atom is 0.338 e. The fourth-order valence-electron chi connectivity index (χ4n) is 2.80. The number of ether oxygens (including phenoxy) is 2. The quantitative estimate of drug-likeness (QED) is 0.854. The van der Waals surface area contributed by atoms with Crippen LogP contribution >= 0.6 is 0 Å². The average Bonchev–Trinajstić information content (AvgIpc) is 2.56. The lowest BCUT2D eigenvalue weighted by molar-refractivity contribution is -0.151. The number of nitrogens with one attached hydrogen (secondary N) is 1. The van der Waals surface area contributed by atoms with Gasteiger partial charge in [0.25, 0.3) is 0 Å². The molecule has 0 bridgehead atoms. The molecule has 1 fully saturated rings. The predicted molar refractivity (Wildman–Crippen MR) is 83.9 cm³/mol. The molecule has 1 N–H and O–H groups in total. The van der Waals surface area contributed by atoms with Crippen LogP contribution in [0.1, 0.15) is 43.0 Å². The minimum atomic E-state index is -0.664. The van der Waals surface area contributed by atoms with E-state index in [1.54, 1.807) is 0 Å². The van der Waals surface area contributed by atoms with Crippen LogP contribution in [0.5, 0.6) is 0 Å². The number of carbonyl (C=O) groups excluding carboxylic acids is 3. The number of esters is 2. The van der Waals surface area contributed by atoms with Crippen molar-refractivity contribution in [3.8, 4) is 0 Å². The second kappa shape index (κ2) is 7.90. The molecule has 2 atom stereocenters. The summed E-state index contributed by atoms with van der Waals surface area (Å²) >= 11 is 0. The second-order valence-electron chi connectivity index (χ2n) is 5.73. The van der Waals surface area contributed by atoms with Gasteiger partial charge in [0.05, 0.1) is 24.3 Å². The molecule has 0 radical (unpaired) electrons. The number of rotatable bonds is 4. The van der Waals surface area contributed by atoms with Crippen LogP contribution in [0.3, 0.4) is 0 Å². The minimum absolute atomic E-state index is 0.0925. The highest BCUT2D eigenvalue weighted by Crippen LogP contribution is 2.29. The van der Waals surface area contributed by atoms with Gasteiger partial charge < -0.3 is 14.8 Å². The van der Waals surface area contributed by atoms with Gasteiger partial charge >= 0.3 is 11.9 Å². The van der Waals surface area contributed by atoms with Crippen molar-refractivity contribution in [2.75, 3.05) is 12.4 Å². The molecule has 1 aromatic carbocycles. The molecule has 7 heteroatoms. The summed E-state index contributed by atoms with van der Waals surface area (Å²) in [6.45, 7) is 1.24. The van der Waals surface area contributed by atoms with Crippen molar-refractivity contribution < 1.29 is 28.2 Å². The Labute approximate surface area is 139 Å². The molecule has 6 nitrogen and oxygen atoms in total. The topological polar surface area (TPSA) is 81.7 Å². The summed E-state index contributed by atoms with van der Waals surface area (Å²) in [6, 6.07) is 3.58. The summed E-state index contributed by atoms with van der Waals surface area (Å²) in [5.74, 6) is -2.64. The van der Waals surface area contributed by atoms with E-state index in [4.69, 9.17) is 9.47 Å². The van der Waals surface area contributed by atoms with Crippen LogP contribution in [-0.4, -0.2) is 31.1 Å². The van der Waals surface area contributed by atoms with Gasteiger partial charge in [-0.1, -0.05) is 6.42 Å². The molecular formula is C17H20FNO5. The van der Waals surface area contributed by atoms with Crippen molar-refractivity contribution in [2.45, 2.75) is 38.7 Å². The monoisotopic (exact) mass is 337 g/mol. The van der Waals surface area contributed by atoms with Crippen molar-refractivity contribution in [2.24, 2.45) is 5.92 Å². The van der Waals surface area contributed by atoms with E-state index in [2.05, 4.69) is 5.32 Å². The smallest absolute Gasteiger partial charge is 0.338 e. The number of benzene rings is 1. The number of halogens is 1. The highest BCUT2D eigenvalue weighted by Gasteiger charge is 2.34. The molecule has 1 aliphatic rings. The highest BCUT2D eigenvalue weighted by molar-refractivity contribution is 5.94. The molecule has 130 valence electrons. The predicted octanol–water partition coefficient (Wildman–Crippen LogP) is 2.67. The summed E-state index contributed by atoms with van der Waals surface area (Å²) in [7, 11) is 1.30. The standard InChI is InChI=1S/C17H20FNO5/c1-10(20)19-14-9-11(7-8-13(14)18)16(21)24-15-6-4-3-5-12(15)17(22)23-2/h7-9,12,15H,3-6H2,1-2H3,(H,19,20)/t12-,15+/m0/s1. The molecule has 1 saturated carbocycles. The first-order valence-electron chi connectivity index (χ1n) is 7.78. The van der Waals surface area contributed by atoms with Crippen LogP contribution in [0.15, 0.2) is 18.2 Å². The minimum Gasteiger partial charge on any atom is -0.469 e. The second-order valence-corrected chi connectivity index (χ2v) is 5.73. The fraction of sp³-hybridized carbons (Fsp3) is 0.471. The zero-order chi connectivity index (χ0) is 17.7. The van der Waals surface area contributed by atoms with Crippen LogP contribution in [0, 0.1) is 11.7 Å². The lowest BCUT2D eigenvalue weighted by Crippen LogP contribution is -2.36. The van der Waals surface area contributed by atoms with Crippen LogP contribution in [-0.2, 0) is 19.1 Å². The van der Waals surface area contributed by atoms with Crippen LogP contribution in [0.2, 0.25) is 0 Å². The number of hydrogen-bond donors (Lipinski definition) is 1. The lowest BCUT2D eigenvalue weighted by atomic mass is 9.86. The number of anilines is 1. The summed E-state index contributed by atoms with van der Waals surface area (Å²) < 4.78 is 23.8. The maximum atomic E-state index is 13.6. The first-order valence-corrected chi connectivity index (χ1v) is 7.78. The Bertz CT molecular complexity index is 646. The molecule has 24 heavy (non-hydrogen) atoms. The first-order chi connectivity index (χ1) is 11.4. The third-order valence-electron chi connectivity index (χ3n) is 3.98. The molecule has 1 amide bonds. The molecule has 1 aliphatic carbocycles. The Kier molecular flexibility index (Phi) is 5.89. The van der Waals surface area contributed by atoms with Gasteiger partial charge in [-0.3, -0.25) is 9.59 Å². The Morgan fingerprint density at radius 3 is 2.58 bits per heavy atom. The molecule has 0 unspecified atom stereocenters. The molecule has 1 aromatic rings. The van der Waals surface area contributed by atoms with E-state index >= 15 is 0 Å². The Morgan fingerprint density at radius 1 is 1.21 bits per heavy atom. The molecule has 0 heterocycles. The van der Waals surface area contributed by atoms with E-state index in [1.165, 1.54) is 26.2 Å². The summed E-state index contributed by atoms with van der Waals surface area (Å²) in [5, 5.41) is 2.31. The van der Waals surface area contributed by atoms with E-state index < -0.39 is 35.7 Å². The lowest BCUT2D eigenvalue weighted by Gasteiger charge is -2.29. The molecule has 0 saturated heterocycles. The van der Waals surface area contributed by atoms with Gasteiger partial charge in [-0.15, -0.1) is 0 Å². The van der Waals surface area contributed by atoms with Crippen LogP contribution in [0.25, 0.3) is 0 Å². The molecular weight excluding hydrogens is 317 g/mol. The van der Waals surface area contributed by atoms with Gasteiger partial charge in [-0.2, -0.15) is 0 Å². The Morgan fingerprint density at radius 2 is 1.92 bits per heavy atom. The van der Waals surface area contributed by atoms with Gasteiger partial charge in [0.2, 0.25) is 5.91 Å². The SMILES string of the molecule is COC(=O)[C@H]1CCCC[C@H]1OC(=O)c1ccc(F)c(NC(C)=O)c1. The average molecular weight is 337 g/mol. The maximum absolute atomic E-state index is 13.6. The van der Waals surface area contributed by atoms with Gasteiger partial charge in [0.1, 0.15) is 11.9 Å². The van der Waals surface area contributed by atoms with Crippen LogP contribution < -0.4 is 5.32 Å². The van der Waals surface area contributed by atoms with E-state index in [1.807, 2.05) is 0 Å². The van der Waals surface area contributed by atoms with Crippen molar-refractivity contribution in [1.29, 1.82) is 0 Å². The van der Waals surface area contributed by atoms with Gasteiger partial charge in [0, 0.05) is 6.92 Å². The highest BCUT2D eigenvalue weighted by atomic mass is 19.1. The third-order valence-corrected chi connectivity index (χ3v) is 3.98. The molecule has 0 aromatic heterocycles. The number of carbonyl (C=O) groups is 3. The van der Waals surface area contributed by atoms with E-state index in [-0.39, 0.29) is 11.3 Å². The van der Waals surface area contributed by atoms with Crippen LogP contribution in [0.4, 0.5) is 10.1 Å². The van der Waals surface area contributed by atoms with Gasteiger partial charge in [-0.05, 0) is 37.5 Å². The van der Waals surface area contributed by atoms with Crippen molar-refractivity contribution in [1.82, 2.24) is 0 Å². The normalized spacial score (nSPS) is 20.1. The van der Waals surface area contributed by atoms with Crippen molar-refractivity contribution >= 4 is 23.5 Å². The summed E-state index contributed by atoms with van der Waals surface area (Å²) in [4.78, 5) is 35.2. The first kappa shape index (κ1) is 17.9. The zero-order valence-electron chi connectivity index (χ0n) is 13.6. The summed E-state index contributed by atoms with van der Waals surface area (Å²) in [5.41, 5.74) is 0.0134. The Balaban J connectivity index is 2.13. The fourth-order valence-corrected chi connectivity index (χ4v) is 2.80. The van der Waals surface area contributed by atoms with E-state index in [0.717, 1.165) is 18.9 Å². The number of amides is 1. The number of hydrogen-bond acceptors (Lipinski definition) is 5. The van der Waals surface area contributed by atoms with Gasteiger partial charge in [0.15, 0.2) is 0 Å². The molecule has 0 aliphatic heterocycles. The number of methoxy groups -OCH3 is 1. The van der Waals surface area contributed by atoms with Crippen molar-refractivity contribution in [3.05, 3.63) is 29.6 Å².